The standard InChI is InChI=1S/C28H19ClFN3O/c29-26-18-22(13-16-27(26)30)32-28(34)21(19-31)17-20-11-14-25(15-12-20)33(23-7-3-1-4-8-23)24-9-5-2-6-10-24/h1-18H,(H,32,34). The van der Waals surface area contributed by atoms with Gasteiger partial charge in [-0.2, -0.15) is 5.26 Å². The number of rotatable bonds is 6. The molecular formula is C28H19ClFN3O. The monoisotopic (exact) mass is 467 g/mol. The number of para-hydroxylation sites is 2. The maximum atomic E-state index is 13.3. The second-order valence-corrected chi connectivity index (χ2v) is 7.76. The highest BCUT2D eigenvalue weighted by atomic mass is 35.5. The van der Waals surface area contributed by atoms with E-state index in [9.17, 15) is 14.4 Å². The molecule has 0 aliphatic carbocycles. The molecule has 0 bridgehead atoms. The first-order valence-corrected chi connectivity index (χ1v) is 10.8. The number of halogens is 2. The first kappa shape index (κ1) is 22.8. The topological polar surface area (TPSA) is 56.1 Å². The summed E-state index contributed by atoms with van der Waals surface area (Å²) >= 11 is 5.76. The molecule has 166 valence electrons. The average Bonchev–Trinajstić information content (AvgIpc) is 2.87. The number of benzene rings is 4. The Labute approximate surface area is 202 Å². The summed E-state index contributed by atoms with van der Waals surface area (Å²) in [5.74, 6) is -1.19. The van der Waals surface area contributed by atoms with Crippen molar-refractivity contribution in [2.75, 3.05) is 10.2 Å². The average molecular weight is 468 g/mol. The maximum absolute atomic E-state index is 13.3. The molecule has 0 radical (unpaired) electrons. The Morgan fingerprint density at radius 1 is 0.853 bits per heavy atom. The Morgan fingerprint density at radius 3 is 1.94 bits per heavy atom. The molecule has 1 amide bonds. The maximum Gasteiger partial charge on any atom is 0.266 e. The largest absolute Gasteiger partial charge is 0.321 e. The van der Waals surface area contributed by atoms with Crippen LogP contribution in [0.1, 0.15) is 5.56 Å². The minimum atomic E-state index is -0.607. The van der Waals surface area contributed by atoms with Crippen LogP contribution in [0.5, 0.6) is 0 Å². The van der Waals surface area contributed by atoms with Gasteiger partial charge in [-0.15, -0.1) is 0 Å². The van der Waals surface area contributed by atoms with Crippen LogP contribution in [0.15, 0.2) is 109 Å². The van der Waals surface area contributed by atoms with Gasteiger partial charge in [0, 0.05) is 22.7 Å². The molecule has 0 unspecified atom stereocenters. The van der Waals surface area contributed by atoms with Gasteiger partial charge in [-0.3, -0.25) is 4.79 Å². The summed E-state index contributed by atoms with van der Waals surface area (Å²) in [4.78, 5) is 14.7. The number of carbonyl (C=O) groups excluding carboxylic acids is 1. The Kier molecular flexibility index (Phi) is 7.02. The van der Waals surface area contributed by atoms with Crippen molar-refractivity contribution in [3.63, 3.8) is 0 Å². The van der Waals surface area contributed by atoms with Crippen molar-refractivity contribution in [2.45, 2.75) is 0 Å². The molecule has 6 heteroatoms. The third-order valence-corrected chi connectivity index (χ3v) is 5.32. The molecule has 0 heterocycles. The number of carbonyl (C=O) groups is 1. The molecule has 0 aliphatic heterocycles. The molecule has 0 aliphatic rings. The van der Waals surface area contributed by atoms with E-state index in [1.165, 1.54) is 18.2 Å². The van der Waals surface area contributed by atoms with Crippen LogP contribution in [0.25, 0.3) is 6.08 Å². The summed E-state index contributed by atoms with van der Waals surface area (Å²) in [5.41, 5.74) is 3.84. The number of hydrogen-bond donors (Lipinski definition) is 1. The van der Waals surface area contributed by atoms with Crippen LogP contribution in [0.4, 0.5) is 27.1 Å². The molecule has 4 rings (SSSR count). The zero-order valence-electron chi connectivity index (χ0n) is 18.0. The molecular weight excluding hydrogens is 449 g/mol. The lowest BCUT2D eigenvalue weighted by Gasteiger charge is -2.25. The lowest BCUT2D eigenvalue weighted by Crippen LogP contribution is -2.13. The van der Waals surface area contributed by atoms with Crippen molar-refractivity contribution in [2.24, 2.45) is 0 Å². The molecule has 4 nitrogen and oxygen atoms in total. The predicted molar refractivity (Wildman–Crippen MR) is 135 cm³/mol. The highest BCUT2D eigenvalue weighted by Crippen LogP contribution is 2.34. The zero-order chi connectivity index (χ0) is 23.9. The fourth-order valence-corrected chi connectivity index (χ4v) is 3.59. The van der Waals surface area contributed by atoms with E-state index in [-0.39, 0.29) is 10.6 Å². The lowest BCUT2D eigenvalue weighted by molar-refractivity contribution is -0.112. The second kappa shape index (κ2) is 10.5. The number of nitrogens with one attached hydrogen (secondary N) is 1. The van der Waals surface area contributed by atoms with E-state index in [2.05, 4.69) is 10.2 Å². The molecule has 0 atom stereocenters. The normalized spacial score (nSPS) is 10.9. The van der Waals surface area contributed by atoms with Gasteiger partial charge in [0.2, 0.25) is 0 Å². The highest BCUT2D eigenvalue weighted by Gasteiger charge is 2.13. The number of nitriles is 1. The van der Waals surface area contributed by atoms with Crippen molar-refractivity contribution >= 4 is 46.3 Å². The van der Waals surface area contributed by atoms with Crippen LogP contribution in [0.3, 0.4) is 0 Å². The number of amides is 1. The van der Waals surface area contributed by atoms with Crippen LogP contribution in [0.2, 0.25) is 5.02 Å². The van der Waals surface area contributed by atoms with Gasteiger partial charge >= 0.3 is 0 Å². The van der Waals surface area contributed by atoms with Gasteiger partial charge in [-0.05, 0) is 66.2 Å². The van der Waals surface area contributed by atoms with Gasteiger partial charge in [0.25, 0.3) is 5.91 Å². The smallest absolute Gasteiger partial charge is 0.266 e. The van der Waals surface area contributed by atoms with Crippen LogP contribution in [-0.2, 0) is 4.79 Å². The van der Waals surface area contributed by atoms with Gasteiger partial charge in [0.05, 0.1) is 5.02 Å². The highest BCUT2D eigenvalue weighted by molar-refractivity contribution is 6.31. The van der Waals surface area contributed by atoms with Crippen LogP contribution in [0, 0.1) is 17.1 Å². The molecule has 0 spiro atoms. The Morgan fingerprint density at radius 2 is 1.41 bits per heavy atom. The Hall–Kier alpha value is -4.40. The van der Waals surface area contributed by atoms with E-state index < -0.39 is 11.7 Å². The van der Waals surface area contributed by atoms with Crippen LogP contribution < -0.4 is 10.2 Å². The summed E-state index contributed by atoms with van der Waals surface area (Å²) in [6, 6.07) is 33.2. The van der Waals surface area contributed by atoms with Crippen molar-refractivity contribution < 1.29 is 9.18 Å². The number of nitrogens with zero attached hydrogens (tertiary/aromatic N) is 2. The second-order valence-electron chi connectivity index (χ2n) is 7.35. The van der Waals surface area contributed by atoms with E-state index >= 15 is 0 Å². The molecule has 4 aromatic rings. The number of hydrogen-bond acceptors (Lipinski definition) is 3. The molecule has 1 N–H and O–H groups in total. The quantitative estimate of drug-likeness (QED) is 0.236. The predicted octanol–water partition coefficient (Wildman–Crippen LogP) is 7.49. The van der Waals surface area contributed by atoms with Crippen LogP contribution >= 0.6 is 11.6 Å². The lowest BCUT2D eigenvalue weighted by atomic mass is 10.1. The number of anilines is 4. The van der Waals surface area contributed by atoms with Crippen molar-refractivity contribution in [3.8, 4) is 6.07 Å². The third kappa shape index (κ3) is 5.32. The van der Waals surface area contributed by atoms with Gasteiger partial charge in [0.1, 0.15) is 17.5 Å². The summed E-state index contributed by atoms with van der Waals surface area (Å²) in [5, 5.41) is 12.0. The summed E-state index contributed by atoms with van der Waals surface area (Å²) in [6.45, 7) is 0. The van der Waals surface area contributed by atoms with Crippen molar-refractivity contribution in [1.82, 2.24) is 0 Å². The van der Waals surface area contributed by atoms with E-state index in [1.54, 1.807) is 0 Å². The third-order valence-electron chi connectivity index (χ3n) is 5.03. The van der Waals surface area contributed by atoms with Crippen LogP contribution in [-0.4, -0.2) is 5.91 Å². The van der Waals surface area contributed by atoms with E-state index in [4.69, 9.17) is 11.6 Å². The van der Waals surface area contributed by atoms with E-state index in [0.29, 0.717) is 11.3 Å². The molecule has 0 aromatic heterocycles. The summed E-state index contributed by atoms with van der Waals surface area (Å²) in [7, 11) is 0. The van der Waals surface area contributed by atoms with Crippen molar-refractivity contribution in [3.05, 3.63) is 125 Å². The SMILES string of the molecule is N#CC(=Cc1ccc(N(c2ccccc2)c2ccccc2)cc1)C(=O)Nc1ccc(F)c(Cl)c1. The fraction of sp³-hybridized carbons (Fsp3) is 0. The molecule has 34 heavy (non-hydrogen) atoms. The first-order valence-electron chi connectivity index (χ1n) is 10.4. The molecule has 0 fully saturated rings. The Balaban J connectivity index is 1.59. The van der Waals surface area contributed by atoms with Gasteiger partial charge in [0.15, 0.2) is 0 Å². The van der Waals surface area contributed by atoms with E-state index in [1.807, 2.05) is 91.0 Å². The minimum absolute atomic E-state index is 0.0869. The van der Waals surface area contributed by atoms with Gasteiger partial charge in [-0.25, -0.2) is 4.39 Å². The first-order chi connectivity index (χ1) is 16.5. The van der Waals surface area contributed by atoms with Gasteiger partial charge in [-0.1, -0.05) is 60.1 Å². The molecule has 0 saturated heterocycles. The van der Waals surface area contributed by atoms with E-state index in [0.717, 1.165) is 23.1 Å². The molecule has 4 aromatic carbocycles. The summed E-state index contributed by atoms with van der Waals surface area (Å²) < 4.78 is 13.3. The van der Waals surface area contributed by atoms with Gasteiger partial charge < -0.3 is 10.2 Å². The summed E-state index contributed by atoms with van der Waals surface area (Å²) in [6.07, 6.45) is 1.50. The zero-order valence-corrected chi connectivity index (χ0v) is 18.7. The van der Waals surface area contributed by atoms with Crippen molar-refractivity contribution in [1.29, 1.82) is 5.26 Å². The Bertz CT molecular complexity index is 1330. The minimum Gasteiger partial charge on any atom is -0.321 e. The molecule has 0 saturated carbocycles. The fourth-order valence-electron chi connectivity index (χ4n) is 3.41.